The molecule has 2 fully saturated rings. The minimum Gasteiger partial charge on any atom is -0.381 e. The Morgan fingerprint density at radius 1 is 1.14 bits per heavy atom. The molecule has 1 saturated heterocycles. The fourth-order valence-electron chi connectivity index (χ4n) is 4.30. The summed E-state index contributed by atoms with van der Waals surface area (Å²) in [5.74, 6) is 1.73. The molecule has 2 aliphatic rings. The molecule has 154 valence electrons. The van der Waals surface area contributed by atoms with Crippen LogP contribution < -0.4 is 10.6 Å². The molecule has 1 aliphatic heterocycles. The molecule has 0 spiro atoms. The third kappa shape index (κ3) is 5.37. The van der Waals surface area contributed by atoms with Crippen molar-refractivity contribution in [3.8, 4) is 0 Å². The maximum Gasteiger partial charge on any atom is 0.253 e. The fourth-order valence-corrected chi connectivity index (χ4v) is 4.70. The van der Waals surface area contributed by atoms with Crippen LogP contribution in [0.15, 0.2) is 41.0 Å². The van der Waals surface area contributed by atoms with Crippen molar-refractivity contribution < 1.29 is 9.53 Å². The van der Waals surface area contributed by atoms with Crippen LogP contribution in [0.1, 0.15) is 60.4 Å². The van der Waals surface area contributed by atoms with Crippen molar-refractivity contribution in [3.05, 3.63) is 52.1 Å². The first-order valence-corrected chi connectivity index (χ1v) is 11.4. The average molecular weight is 458 g/mol. The van der Waals surface area contributed by atoms with E-state index in [9.17, 15) is 4.79 Å². The Labute approximate surface area is 180 Å². The largest absolute Gasteiger partial charge is 0.381 e. The lowest BCUT2D eigenvalue weighted by molar-refractivity contribution is 0.0642. The van der Waals surface area contributed by atoms with E-state index in [4.69, 9.17) is 4.74 Å². The number of benzene rings is 1. The molecular formula is C23H28BrN3O2. The summed E-state index contributed by atoms with van der Waals surface area (Å²) in [5.41, 5.74) is 2.82. The summed E-state index contributed by atoms with van der Waals surface area (Å²) in [7, 11) is 0. The highest BCUT2D eigenvalue weighted by molar-refractivity contribution is 9.10. The molecule has 1 saturated carbocycles. The van der Waals surface area contributed by atoms with Crippen molar-refractivity contribution in [1.82, 2.24) is 10.3 Å². The number of nitrogens with zero attached hydrogens (tertiary/aromatic N) is 1. The second-order valence-corrected chi connectivity index (χ2v) is 8.95. The maximum absolute atomic E-state index is 13.0. The van der Waals surface area contributed by atoms with Crippen molar-refractivity contribution >= 4 is 33.3 Å². The van der Waals surface area contributed by atoms with Crippen molar-refractivity contribution in [2.75, 3.05) is 25.1 Å². The molecule has 5 nitrogen and oxygen atoms in total. The molecule has 4 rings (SSSR count). The minimum absolute atomic E-state index is 0.0000950. The van der Waals surface area contributed by atoms with Crippen molar-refractivity contribution in [2.45, 2.75) is 44.4 Å². The van der Waals surface area contributed by atoms with Gasteiger partial charge in [0, 0.05) is 36.1 Å². The van der Waals surface area contributed by atoms with E-state index in [0.29, 0.717) is 18.4 Å². The zero-order valence-corrected chi connectivity index (χ0v) is 18.2. The van der Waals surface area contributed by atoms with E-state index in [1.54, 1.807) is 6.20 Å². The lowest BCUT2D eigenvalue weighted by Crippen LogP contribution is -2.33. The molecule has 6 heteroatoms. The zero-order valence-electron chi connectivity index (χ0n) is 16.6. The van der Waals surface area contributed by atoms with Gasteiger partial charge < -0.3 is 15.4 Å². The van der Waals surface area contributed by atoms with E-state index >= 15 is 0 Å². The molecule has 2 heterocycles. The number of anilines is 2. The third-order valence-corrected chi connectivity index (χ3v) is 6.46. The lowest BCUT2D eigenvalue weighted by Gasteiger charge is -2.23. The highest BCUT2D eigenvalue weighted by Crippen LogP contribution is 2.37. The molecule has 2 aromatic rings. The highest BCUT2D eigenvalue weighted by Gasteiger charge is 2.24. The fraction of sp³-hybridized carbons (Fsp3) is 0.478. The monoisotopic (exact) mass is 457 g/mol. The first kappa shape index (κ1) is 20.4. The number of amides is 1. The standard InChI is InChI=1S/C23H28BrN3O2/c24-18-6-3-7-19(12-18)27-22-13-20(17-4-1-2-5-17)21(15-25-22)23(28)26-14-16-8-10-29-11-9-16/h3,6-7,12-13,15-17H,1-2,4-5,8-11,14H2,(H,25,27)(H,26,28). The van der Waals surface area contributed by atoms with Crippen LogP contribution in [0.3, 0.4) is 0 Å². The van der Waals surface area contributed by atoms with Crippen molar-refractivity contribution in [2.24, 2.45) is 5.92 Å². The smallest absolute Gasteiger partial charge is 0.253 e. The maximum atomic E-state index is 13.0. The molecule has 29 heavy (non-hydrogen) atoms. The van der Waals surface area contributed by atoms with Crippen LogP contribution in [0.25, 0.3) is 0 Å². The Balaban J connectivity index is 1.51. The molecule has 0 unspecified atom stereocenters. The highest BCUT2D eigenvalue weighted by atomic mass is 79.9. The molecule has 1 aromatic heterocycles. The van der Waals surface area contributed by atoms with Gasteiger partial charge in [0.15, 0.2) is 0 Å². The van der Waals surface area contributed by atoms with E-state index in [2.05, 4.69) is 37.6 Å². The second-order valence-electron chi connectivity index (χ2n) is 8.04. The summed E-state index contributed by atoms with van der Waals surface area (Å²) in [6.45, 7) is 2.31. The van der Waals surface area contributed by atoms with Crippen molar-refractivity contribution in [1.29, 1.82) is 0 Å². The molecule has 1 aromatic carbocycles. The van der Waals surface area contributed by atoms with Crippen LogP contribution in [-0.4, -0.2) is 30.6 Å². The van der Waals surface area contributed by atoms with Crippen LogP contribution in [0.5, 0.6) is 0 Å². The Morgan fingerprint density at radius 2 is 1.93 bits per heavy atom. The van der Waals surface area contributed by atoms with Crippen LogP contribution >= 0.6 is 15.9 Å². The van der Waals surface area contributed by atoms with Gasteiger partial charge in [-0.05, 0) is 67.3 Å². The first-order valence-electron chi connectivity index (χ1n) is 10.6. The molecule has 0 radical (unpaired) electrons. The summed E-state index contributed by atoms with van der Waals surface area (Å²) in [4.78, 5) is 17.5. The van der Waals surface area contributed by atoms with Crippen LogP contribution in [0, 0.1) is 5.92 Å². The van der Waals surface area contributed by atoms with E-state index in [1.807, 2.05) is 24.3 Å². The SMILES string of the molecule is O=C(NCC1CCOCC1)c1cnc(Nc2cccc(Br)c2)cc1C1CCCC1. The number of aromatic nitrogens is 1. The third-order valence-electron chi connectivity index (χ3n) is 5.96. The number of halogens is 1. The first-order chi connectivity index (χ1) is 14.2. The number of hydrogen-bond donors (Lipinski definition) is 2. The van der Waals surface area contributed by atoms with Gasteiger partial charge in [0.2, 0.25) is 0 Å². The van der Waals surface area contributed by atoms with Crippen LogP contribution in [0.2, 0.25) is 0 Å². The second kappa shape index (κ2) is 9.72. The van der Waals surface area contributed by atoms with Gasteiger partial charge in [-0.15, -0.1) is 0 Å². The molecule has 1 amide bonds. The van der Waals surface area contributed by atoms with Crippen LogP contribution in [-0.2, 0) is 4.74 Å². The van der Waals surface area contributed by atoms with Gasteiger partial charge in [0.1, 0.15) is 5.82 Å². The van der Waals surface area contributed by atoms with E-state index < -0.39 is 0 Å². The van der Waals surface area contributed by atoms with Gasteiger partial charge in [-0.25, -0.2) is 4.98 Å². The molecule has 0 atom stereocenters. The van der Waals surface area contributed by atoms with E-state index in [-0.39, 0.29) is 5.91 Å². The summed E-state index contributed by atoms with van der Waals surface area (Å²) < 4.78 is 6.43. The summed E-state index contributed by atoms with van der Waals surface area (Å²) in [6, 6.07) is 10.1. The quantitative estimate of drug-likeness (QED) is 0.609. The van der Waals surface area contributed by atoms with Gasteiger partial charge >= 0.3 is 0 Å². The number of hydrogen-bond acceptors (Lipinski definition) is 4. The lowest BCUT2D eigenvalue weighted by atomic mass is 9.93. The Bertz CT molecular complexity index is 846. The van der Waals surface area contributed by atoms with Crippen molar-refractivity contribution in [3.63, 3.8) is 0 Å². The number of pyridine rings is 1. The van der Waals surface area contributed by atoms with Gasteiger partial charge in [-0.1, -0.05) is 34.8 Å². The Morgan fingerprint density at radius 3 is 2.69 bits per heavy atom. The number of rotatable bonds is 6. The molecular weight excluding hydrogens is 430 g/mol. The number of ether oxygens (including phenoxy) is 1. The molecule has 2 N–H and O–H groups in total. The predicted octanol–water partition coefficient (Wildman–Crippen LogP) is 5.40. The Hall–Kier alpha value is -1.92. The number of carbonyl (C=O) groups is 1. The molecule has 1 aliphatic carbocycles. The van der Waals surface area contributed by atoms with Gasteiger partial charge in [0.05, 0.1) is 5.56 Å². The van der Waals surface area contributed by atoms with Gasteiger partial charge in [-0.2, -0.15) is 0 Å². The van der Waals surface area contributed by atoms with Gasteiger partial charge in [0.25, 0.3) is 5.91 Å². The predicted molar refractivity (Wildman–Crippen MR) is 119 cm³/mol. The average Bonchev–Trinajstić information content (AvgIpc) is 3.28. The Kier molecular flexibility index (Phi) is 6.82. The molecule has 0 bridgehead atoms. The van der Waals surface area contributed by atoms with Crippen LogP contribution in [0.4, 0.5) is 11.5 Å². The summed E-state index contributed by atoms with van der Waals surface area (Å²) in [5, 5.41) is 6.52. The topological polar surface area (TPSA) is 63.2 Å². The van der Waals surface area contributed by atoms with E-state index in [0.717, 1.165) is 66.0 Å². The summed E-state index contributed by atoms with van der Waals surface area (Å²) in [6.07, 6.45) is 8.51. The van der Waals surface area contributed by atoms with Gasteiger partial charge in [-0.3, -0.25) is 4.79 Å². The normalized spacial score (nSPS) is 18.0. The number of nitrogens with one attached hydrogen (secondary N) is 2. The zero-order chi connectivity index (χ0) is 20.1. The number of carbonyl (C=O) groups excluding carboxylic acids is 1. The summed E-state index contributed by atoms with van der Waals surface area (Å²) >= 11 is 3.50. The minimum atomic E-state index is -0.0000950. The van der Waals surface area contributed by atoms with E-state index in [1.165, 1.54) is 12.8 Å².